The van der Waals surface area contributed by atoms with Crippen molar-refractivity contribution in [3.05, 3.63) is 35.5 Å². The molecule has 22 heavy (non-hydrogen) atoms. The predicted octanol–water partition coefficient (Wildman–Crippen LogP) is 2.28. The van der Waals surface area contributed by atoms with Gasteiger partial charge in [-0.05, 0) is 37.1 Å². The summed E-state index contributed by atoms with van der Waals surface area (Å²) >= 11 is 0. The molecule has 0 spiro atoms. The fraction of sp³-hybridized carbons (Fsp3) is 0.312. The molecule has 0 unspecified atom stereocenters. The highest BCUT2D eigenvalue weighted by molar-refractivity contribution is 6.02. The van der Waals surface area contributed by atoms with Gasteiger partial charge in [0.25, 0.3) is 5.91 Å². The van der Waals surface area contributed by atoms with Crippen molar-refractivity contribution >= 4 is 23.0 Å². The van der Waals surface area contributed by atoms with E-state index in [2.05, 4.69) is 10.5 Å². The Kier molecular flexibility index (Phi) is 5.69. The summed E-state index contributed by atoms with van der Waals surface area (Å²) in [5.41, 5.74) is 1.47. The van der Waals surface area contributed by atoms with Crippen LogP contribution in [0.5, 0.6) is 0 Å². The van der Waals surface area contributed by atoms with Crippen molar-refractivity contribution in [2.24, 2.45) is 0 Å². The minimum atomic E-state index is -0.385. The minimum Gasteiger partial charge on any atom is -0.382 e. The Bertz CT molecular complexity index is 713. The van der Waals surface area contributed by atoms with E-state index in [1.807, 2.05) is 19.1 Å². The van der Waals surface area contributed by atoms with Gasteiger partial charge in [0.1, 0.15) is 11.6 Å². The third-order valence-corrected chi connectivity index (χ3v) is 3.01. The van der Waals surface area contributed by atoms with Crippen molar-refractivity contribution in [2.75, 3.05) is 19.8 Å². The van der Waals surface area contributed by atoms with Crippen LogP contribution in [-0.2, 0) is 9.53 Å². The van der Waals surface area contributed by atoms with Crippen LogP contribution in [0.3, 0.4) is 0 Å². The van der Waals surface area contributed by atoms with Crippen LogP contribution in [0.1, 0.15) is 18.9 Å². The molecule has 0 aliphatic heterocycles. The highest BCUT2D eigenvalue weighted by Gasteiger charge is 2.08. The van der Waals surface area contributed by atoms with Gasteiger partial charge in [0, 0.05) is 25.1 Å². The van der Waals surface area contributed by atoms with E-state index >= 15 is 0 Å². The van der Waals surface area contributed by atoms with Gasteiger partial charge in [0.2, 0.25) is 0 Å². The number of hydrogen-bond donors (Lipinski definition) is 1. The molecule has 1 aromatic carbocycles. The number of rotatable bonds is 7. The number of fused-ring (bicyclic) bond motifs is 1. The van der Waals surface area contributed by atoms with Gasteiger partial charge in [-0.3, -0.25) is 4.79 Å². The monoisotopic (exact) mass is 299 g/mol. The Morgan fingerprint density at radius 3 is 3.18 bits per heavy atom. The van der Waals surface area contributed by atoms with E-state index in [-0.39, 0.29) is 11.5 Å². The Labute approximate surface area is 128 Å². The summed E-state index contributed by atoms with van der Waals surface area (Å²) < 4.78 is 10.2. The van der Waals surface area contributed by atoms with Crippen molar-refractivity contribution in [1.82, 2.24) is 10.5 Å². The molecular formula is C16H17N3O3. The SMILES string of the molecule is CCOCCCNC(=O)C(C#N)=Cc1ccc2oncc2c1. The lowest BCUT2D eigenvalue weighted by Gasteiger charge is -2.04. The quantitative estimate of drug-likeness (QED) is 0.481. The molecule has 0 radical (unpaired) electrons. The third-order valence-electron chi connectivity index (χ3n) is 3.01. The molecule has 1 aromatic heterocycles. The number of carbonyl (C=O) groups excluding carboxylic acids is 1. The Morgan fingerprint density at radius 1 is 1.55 bits per heavy atom. The average molecular weight is 299 g/mol. The first-order chi connectivity index (χ1) is 10.7. The first kappa shape index (κ1) is 15.7. The molecule has 6 nitrogen and oxygen atoms in total. The molecular weight excluding hydrogens is 282 g/mol. The molecule has 0 bridgehead atoms. The van der Waals surface area contributed by atoms with Crippen molar-refractivity contribution in [2.45, 2.75) is 13.3 Å². The normalized spacial score (nSPS) is 11.4. The maximum Gasteiger partial charge on any atom is 0.261 e. The van der Waals surface area contributed by atoms with Crippen LogP contribution in [0, 0.1) is 11.3 Å². The minimum absolute atomic E-state index is 0.0622. The van der Waals surface area contributed by atoms with Crippen molar-refractivity contribution in [3.63, 3.8) is 0 Å². The second-order valence-electron chi connectivity index (χ2n) is 4.60. The summed E-state index contributed by atoms with van der Waals surface area (Å²) in [7, 11) is 0. The molecule has 114 valence electrons. The second-order valence-corrected chi connectivity index (χ2v) is 4.60. The molecule has 1 amide bonds. The van der Waals surface area contributed by atoms with Gasteiger partial charge < -0.3 is 14.6 Å². The highest BCUT2D eigenvalue weighted by atomic mass is 16.5. The van der Waals surface area contributed by atoms with Gasteiger partial charge in [-0.15, -0.1) is 0 Å². The van der Waals surface area contributed by atoms with E-state index in [4.69, 9.17) is 14.5 Å². The van der Waals surface area contributed by atoms with Gasteiger partial charge in [0.15, 0.2) is 5.58 Å². The molecule has 6 heteroatoms. The van der Waals surface area contributed by atoms with Gasteiger partial charge in [-0.1, -0.05) is 11.2 Å². The van der Waals surface area contributed by atoms with E-state index < -0.39 is 0 Å². The van der Waals surface area contributed by atoms with Gasteiger partial charge in [-0.25, -0.2) is 0 Å². The van der Waals surface area contributed by atoms with Gasteiger partial charge >= 0.3 is 0 Å². The van der Waals surface area contributed by atoms with E-state index in [9.17, 15) is 4.79 Å². The molecule has 2 aromatic rings. The van der Waals surface area contributed by atoms with Crippen LogP contribution in [0.4, 0.5) is 0 Å². The van der Waals surface area contributed by atoms with E-state index in [0.29, 0.717) is 31.8 Å². The summed E-state index contributed by atoms with van der Waals surface area (Å²) in [6.07, 6.45) is 3.85. The standard InChI is InChI=1S/C16H17N3O3/c1-2-21-7-3-6-18-16(20)13(10-17)8-12-4-5-15-14(9-12)11-19-22-15/h4-5,8-9,11H,2-3,6-7H2,1H3,(H,18,20). The number of nitriles is 1. The molecule has 1 heterocycles. The van der Waals surface area contributed by atoms with Crippen LogP contribution in [0.2, 0.25) is 0 Å². The van der Waals surface area contributed by atoms with Crippen molar-refractivity contribution in [1.29, 1.82) is 5.26 Å². The second kappa shape index (κ2) is 7.96. The Balaban J connectivity index is 2.00. The Morgan fingerprint density at radius 2 is 2.41 bits per heavy atom. The van der Waals surface area contributed by atoms with Gasteiger partial charge in [0.05, 0.1) is 6.20 Å². The number of carbonyl (C=O) groups is 1. The zero-order valence-corrected chi connectivity index (χ0v) is 12.3. The molecule has 1 N–H and O–H groups in total. The number of amides is 1. The van der Waals surface area contributed by atoms with Crippen molar-refractivity contribution < 1.29 is 14.1 Å². The number of ether oxygens (including phenoxy) is 1. The third kappa shape index (κ3) is 4.17. The van der Waals surface area contributed by atoms with Crippen LogP contribution in [0.25, 0.3) is 17.0 Å². The molecule has 0 atom stereocenters. The molecule has 0 aliphatic rings. The molecule has 2 rings (SSSR count). The average Bonchev–Trinajstić information content (AvgIpc) is 2.99. The first-order valence-electron chi connectivity index (χ1n) is 7.06. The maximum absolute atomic E-state index is 12.0. The topological polar surface area (TPSA) is 88.1 Å². The number of nitrogens with one attached hydrogen (secondary N) is 1. The molecule has 0 aliphatic carbocycles. The van der Waals surface area contributed by atoms with E-state index in [1.54, 1.807) is 24.4 Å². The van der Waals surface area contributed by atoms with Crippen LogP contribution >= 0.6 is 0 Å². The number of benzene rings is 1. The summed E-state index contributed by atoms with van der Waals surface area (Å²) in [5, 5.41) is 16.4. The molecule has 0 saturated heterocycles. The predicted molar refractivity (Wildman–Crippen MR) is 81.7 cm³/mol. The highest BCUT2D eigenvalue weighted by Crippen LogP contribution is 2.17. The largest absolute Gasteiger partial charge is 0.382 e. The summed E-state index contributed by atoms with van der Waals surface area (Å²) in [6, 6.07) is 7.26. The van der Waals surface area contributed by atoms with Crippen molar-refractivity contribution in [3.8, 4) is 6.07 Å². The lowest BCUT2D eigenvalue weighted by molar-refractivity contribution is -0.117. The first-order valence-corrected chi connectivity index (χ1v) is 7.06. The summed E-state index contributed by atoms with van der Waals surface area (Å²) in [4.78, 5) is 12.0. The van der Waals surface area contributed by atoms with Gasteiger partial charge in [-0.2, -0.15) is 5.26 Å². The molecule has 0 fully saturated rings. The zero-order chi connectivity index (χ0) is 15.8. The summed E-state index contributed by atoms with van der Waals surface area (Å²) in [5.74, 6) is -0.385. The lowest BCUT2D eigenvalue weighted by atomic mass is 10.1. The molecule has 0 saturated carbocycles. The zero-order valence-electron chi connectivity index (χ0n) is 12.3. The maximum atomic E-state index is 12.0. The van der Waals surface area contributed by atoms with E-state index in [1.165, 1.54) is 0 Å². The fourth-order valence-electron chi connectivity index (χ4n) is 1.91. The summed E-state index contributed by atoms with van der Waals surface area (Å²) in [6.45, 7) is 3.64. The van der Waals surface area contributed by atoms with E-state index in [0.717, 1.165) is 10.9 Å². The number of nitrogens with zero attached hydrogens (tertiary/aromatic N) is 2. The lowest BCUT2D eigenvalue weighted by Crippen LogP contribution is -2.26. The van der Waals surface area contributed by atoms with Crippen LogP contribution in [-0.4, -0.2) is 30.8 Å². The number of aromatic nitrogens is 1. The fourth-order valence-corrected chi connectivity index (χ4v) is 1.91. The van der Waals surface area contributed by atoms with Crippen LogP contribution < -0.4 is 5.32 Å². The smallest absolute Gasteiger partial charge is 0.261 e. The van der Waals surface area contributed by atoms with Crippen LogP contribution in [0.15, 0.2) is 34.5 Å². The number of hydrogen-bond acceptors (Lipinski definition) is 5. The Hall–Kier alpha value is -2.65.